The summed E-state index contributed by atoms with van der Waals surface area (Å²) >= 11 is 0. The van der Waals surface area contributed by atoms with Crippen molar-refractivity contribution in [3.63, 3.8) is 0 Å². The van der Waals surface area contributed by atoms with Crippen molar-refractivity contribution < 1.29 is 19.0 Å². The number of rotatable bonds is 1. The SMILES string of the molecule is CC12CCOC([C@@H]3CCC(=O)N3)(OC1)O2. The minimum atomic E-state index is -1.01. The minimum Gasteiger partial charge on any atom is -0.345 e. The molecule has 1 amide bonds. The van der Waals surface area contributed by atoms with E-state index in [0.29, 0.717) is 19.6 Å². The Labute approximate surface area is 88.1 Å². The third-order valence-electron chi connectivity index (χ3n) is 3.32. The van der Waals surface area contributed by atoms with Crippen molar-refractivity contribution in [3.05, 3.63) is 0 Å². The topological polar surface area (TPSA) is 56.8 Å². The molecule has 5 heteroatoms. The number of amides is 1. The van der Waals surface area contributed by atoms with Crippen molar-refractivity contribution in [2.24, 2.45) is 0 Å². The molecule has 2 unspecified atom stereocenters. The highest BCUT2D eigenvalue weighted by Gasteiger charge is 2.58. The van der Waals surface area contributed by atoms with Gasteiger partial charge in [0.15, 0.2) is 0 Å². The first-order valence-electron chi connectivity index (χ1n) is 5.39. The molecule has 15 heavy (non-hydrogen) atoms. The molecule has 3 fully saturated rings. The lowest BCUT2D eigenvalue weighted by Crippen LogP contribution is -2.55. The van der Waals surface area contributed by atoms with Gasteiger partial charge in [0.25, 0.3) is 0 Å². The molecule has 0 aromatic carbocycles. The predicted octanol–water partition coefficient (Wildman–Crippen LogP) is 0.145. The molecule has 0 radical (unpaired) electrons. The third-order valence-corrected chi connectivity index (χ3v) is 3.32. The summed E-state index contributed by atoms with van der Waals surface area (Å²) in [4.78, 5) is 11.2. The molecule has 0 saturated carbocycles. The van der Waals surface area contributed by atoms with Gasteiger partial charge in [0.05, 0.1) is 18.8 Å². The average Bonchev–Trinajstić information content (AvgIpc) is 2.71. The van der Waals surface area contributed by atoms with Crippen LogP contribution in [-0.2, 0) is 19.0 Å². The molecule has 3 aliphatic heterocycles. The van der Waals surface area contributed by atoms with Crippen LogP contribution in [0.5, 0.6) is 0 Å². The molecule has 3 saturated heterocycles. The zero-order valence-electron chi connectivity index (χ0n) is 8.75. The van der Waals surface area contributed by atoms with Crippen LogP contribution in [-0.4, -0.2) is 36.7 Å². The highest BCUT2D eigenvalue weighted by atomic mass is 16.9. The Morgan fingerprint density at radius 1 is 1.47 bits per heavy atom. The maximum atomic E-state index is 11.2. The molecule has 0 aromatic rings. The summed E-state index contributed by atoms with van der Waals surface area (Å²) in [7, 11) is 0. The zero-order valence-corrected chi connectivity index (χ0v) is 8.75. The van der Waals surface area contributed by atoms with Crippen LogP contribution in [0.1, 0.15) is 26.2 Å². The molecule has 3 rings (SSSR count). The first-order chi connectivity index (χ1) is 7.12. The number of carbonyl (C=O) groups is 1. The monoisotopic (exact) mass is 213 g/mol. The van der Waals surface area contributed by atoms with E-state index in [1.165, 1.54) is 0 Å². The summed E-state index contributed by atoms with van der Waals surface area (Å²) in [6.07, 6.45) is 2.09. The molecular formula is C10H15NO4. The Hall–Kier alpha value is -0.650. The van der Waals surface area contributed by atoms with Gasteiger partial charge in [-0.15, -0.1) is 0 Å². The van der Waals surface area contributed by atoms with Crippen LogP contribution in [0.15, 0.2) is 0 Å². The van der Waals surface area contributed by atoms with Crippen molar-refractivity contribution >= 4 is 5.91 Å². The summed E-state index contributed by atoms with van der Waals surface area (Å²) in [6.45, 7) is 3.19. The summed E-state index contributed by atoms with van der Waals surface area (Å²) in [5.41, 5.74) is -0.244. The Kier molecular flexibility index (Phi) is 1.87. The standard InChI is InChI=1S/C10H15NO4/c1-9-4-5-13-10(15-9,14-6-9)7-2-3-8(12)11-7/h7H,2-6H2,1H3,(H,11,12)/t7-,9?,10?/m0/s1. The first kappa shape index (κ1) is 9.57. The van der Waals surface area contributed by atoms with Crippen molar-refractivity contribution in [1.82, 2.24) is 5.32 Å². The summed E-state index contributed by atoms with van der Waals surface area (Å²) in [5.74, 6) is -0.969. The summed E-state index contributed by atoms with van der Waals surface area (Å²) in [5, 5.41) is 2.85. The number of carbonyl (C=O) groups excluding carboxylic acids is 1. The highest BCUT2D eigenvalue weighted by Crippen LogP contribution is 2.42. The molecule has 0 aromatic heterocycles. The Bertz CT molecular complexity index is 308. The fourth-order valence-electron chi connectivity index (χ4n) is 2.41. The Morgan fingerprint density at radius 3 is 3.07 bits per heavy atom. The molecule has 3 atom stereocenters. The van der Waals surface area contributed by atoms with Gasteiger partial charge in [-0.3, -0.25) is 4.79 Å². The lowest BCUT2D eigenvalue weighted by Gasteiger charge is -2.38. The Morgan fingerprint density at radius 2 is 2.33 bits per heavy atom. The van der Waals surface area contributed by atoms with Gasteiger partial charge in [0, 0.05) is 12.8 Å². The van der Waals surface area contributed by atoms with Crippen LogP contribution >= 0.6 is 0 Å². The lowest BCUT2D eigenvalue weighted by molar-refractivity contribution is -0.377. The minimum absolute atomic E-state index is 0.0457. The van der Waals surface area contributed by atoms with E-state index in [2.05, 4.69) is 5.32 Å². The maximum Gasteiger partial charge on any atom is 0.305 e. The van der Waals surface area contributed by atoms with Crippen LogP contribution in [0, 0.1) is 0 Å². The second-order valence-corrected chi connectivity index (χ2v) is 4.70. The molecule has 84 valence electrons. The quantitative estimate of drug-likeness (QED) is 0.673. The van der Waals surface area contributed by atoms with Gasteiger partial charge in [0.1, 0.15) is 6.04 Å². The summed E-state index contributed by atoms with van der Waals surface area (Å²) < 4.78 is 17.1. The number of hydrogen-bond acceptors (Lipinski definition) is 4. The zero-order chi connectivity index (χ0) is 10.5. The maximum absolute atomic E-state index is 11.2. The lowest BCUT2D eigenvalue weighted by atomic mass is 10.0. The van der Waals surface area contributed by atoms with E-state index >= 15 is 0 Å². The second-order valence-electron chi connectivity index (χ2n) is 4.70. The van der Waals surface area contributed by atoms with Crippen molar-refractivity contribution in [1.29, 1.82) is 0 Å². The van der Waals surface area contributed by atoms with E-state index in [4.69, 9.17) is 14.2 Å². The van der Waals surface area contributed by atoms with Crippen LogP contribution < -0.4 is 5.32 Å². The second kappa shape index (κ2) is 2.93. The van der Waals surface area contributed by atoms with Gasteiger partial charge in [-0.05, 0) is 13.3 Å². The van der Waals surface area contributed by atoms with Crippen LogP contribution in [0.25, 0.3) is 0 Å². The van der Waals surface area contributed by atoms with E-state index in [1.807, 2.05) is 6.92 Å². The van der Waals surface area contributed by atoms with E-state index in [0.717, 1.165) is 12.8 Å². The third kappa shape index (κ3) is 1.38. The first-order valence-corrected chi connectivity index (χ1v) is 5.39. The molecule has 3 heterocycles. The molecule has 2 bridgehead atoms. The van der Waals surface area contributed by atoms with E-state index in [9.17, 15) is 4.79 Å². The number of hydrogen-bond donors (Lipinski definition) is 1. The summed E-state index contributed by atoms with van der Waals surface area (Å²) in [6, 6.07) is -0.160. The van der Waals surface area contributed by atoms with Crippen LogP contribution in [0.3, 0.4) is 0 Å². The molecular weight excluding hydrogens is 198 g/mol. The van der Waals surface area contributed by atoms with Crippen molar-refractivity contribution in [3.8, 4) is 0 Å². The average molecular weight is 213 g/mol. The normalized spacial score (nSPS) is 49.4. The Balaban J connectivity index is 1.82. The van der Waals surface area contributed by atoms with Crippen molar-refractivity contribution in [2.75, 3.05) is 13.2 Å². The molecule has 1 N–H and O–H groups in total. The number of nitrogens with one attached hydrogen (secondary N) is 1. The molecule has 5 nitrogen and oxygen atoms in total. The van der Waals surface area contributed by atoms with Gasteiger partial charge in [-0.2, -0.15) is 0 Å². The number of fused-ring (bicyclic) bond motifs is 2. The van der Waals surface area contributed by atoms with Gasteiger partial charge in [-0.25, -0.2) is 0 Å². The van der Waals surface area contributed by atoms with E-state index in [1.54, 1.807) is 0 Å². The van der Waals surface area contributed by atoms with E-state index < -0.39 is 5.97 Å². The van der Waals surface area contributed by atoms with Gasteiger partial charge in [0.2, 0.25) is 5.91 Å². The van der Waals surface area contributed by atoms with E-state index in [-0.39, 0.29) is 17.6 Å². The number of ether oxygens (including phenoxy) is 3. The van der Waals surface area contributed by atoms with Crippen LogP contribution in [0.2, 0.25) is 0 Å². The highest BCUT2D eigenvalue weighted by molar-refractivity contribution is 5.78. The molecule has 0 spiro atoms. The fourth-order valence-corrected chi connectivity index (χ4v) is 2.41. The van der Waals surface area contributed by atoms with Gasteiger partial charge in [-0.1, -0.05) is 0 Å². The van der Waals surface area contributed by atoms with Gasteiger partial charge < -0.3 is 19.5 Å². The largest absolute Gasteiger partial charge is 0.345 e. The van der Waals surface area contributed by atoms with Crippen LogP contribution in [0.4, 0.5) is 0 Å². The smallest absolute Gasteiger partial charge is 0.305 e. The molecule has 3 aliphatic rings. The fraction of sp³-hybridized carbons (Fsp3) is 0.900. The van der Waals surface area contributed by atoms with Crippen molar-refractivity contribution in [2.45, 2.75) is 43.8 Å². The van der Waals surface area contributed by atoms with Gasteiger partial charge >= 0.3 is 5.97 Å². The molecule has 0 aliphatic carbocycles. The predicted molar refractivity (Wildman–Crippen MR) is 49.9 cm³/mol.